The van der Waals surface area contributed by atoms with Crippen molar-refractivity contribution in [3.05, 3.63) is 0 Å². The lowest BCUT2D eigenvalue weighted by atomic mass is 10.3. The first-order valence-electron chi connectivity index (χ1n) is 6.36. The highest BCUT2D eigenvalue weighted by atomic mass is 16.5. The van der Waals surface area contributed by atoms with Gasteiger partial charge >= 0.3 is 0 Å². The van der Waals surface area contributed by atoms with Crippen LogP contribution >= 0.6 is 0 Å². The molecule has 0 spiro atoms. The molecule has 5 nitrogen and oxygen atoms in total. The van der Waals surface area contributed by atoms with Gasteiger partial charge in [-0.1, -0.05) is 0 Å². The van der Waals surface area contributed by atoms with Gasteiger partial charge in [0.15, 0.2) is 0 Å². The molecule has 1 aliphatic rings. The monoisotopic (exact) mass is 243 g/mol. The summed E-state index contributed by atoms with van der Waals surface area (Å²) in [4.78, 5) is 18.2. The SMILES string of the molecule is CCOCCN(C)C(=O)CN1CCN(C)CC1. The highest BCUT2D eigenvalue weighted by molar-refractivity contribution is 5.77. The molecule has 1 amide bonds. The first-order valence-corrected chi connectivity index (χ1v) is 6.36. The smallest absolute Gasteiger partial charge is 0.236 e. The Bertz CT molecular complexity index is 228. The van der Waals surface area contributed by atoms with E-state index in [9.17, 15) is 4.79 Å². The van der Waals surface area contributed by atoms with Crippen molar-refractivity contribution in [2.75, 3.05) is 66.6 Å². The number of piperazine rings is 1. The Morgan fingerprint density at radius 1 is 1.29 bits per heavy atom. The number of hydrogen-bond donors (Lipinski definition) is 0. The molecule has 0 aliphatic carbocycles. The van der Waals surface area contributed by atoms with Crippen LogP contribution in [0.5, 0.6) is 0 Å². The summed E-state index contributed by atoms with van der Waals surface area (Å²) in [5.41, 5.74) is 0. The number of amides is 1. The van der Waals surface area contributed by atoms with Crippen molar-refractivity contribution >= 4 is 5.91 Å². The van der Waals surface area contributed by atoms with Gasteiger partial charge in [0, 0.05) is 46.4 Å². The van der Waals surface area contributed by atoms with Crippen LogP contribution < -0.4 is 0 Å². The molecule has 17 heavy (non-hydrogen) atoms. The highest BCUT2D eigenvalue weighted by Gasteiger charge is 2.18. The molecule has 100 valence electrons. The number of carbonyl (C=O) groups excluding carboxylic acids is 1. The van der Waals surface area contributed by atoms with Crippen LogP contribution in [0.4, 0.5) is 0 Å². The second-order valence-corrected chi connectivity index (χ2v) is 4.59. The van der Waals surface area contributed by atoms with Gasteiger partial charge in [0.1, 0.15) is 0 Å². The molecular formula is C12H25N3O2. The van der Waals surface area contributed by atoms with E-state index in [0.717, 1.165) is 26.2 Å². The summed E-state index contributed by atoms with van der Waals surface area (Å²) in [6, 6.07) is 0. The van der Waals surface area contributed by atoms with Crippen LogP contribution in [0.25, 0.3) is 0 Å². The third-order valence-electron chi connectivity index (χ3n) is 3.16. The Labute approximate surface area is 104 Å². The molecule has 0 atom stereocenters. The van der Waals surface area contributed by atoms with Crippen LogP contribution in [0.3, 0.4) is 0 Å². The second-order valence-electron chi connectivity index (χ2n) is 4.59. The van der Waals surface area contributed by atoms with E-state index in [0.29, 0.717) is 26.3 Å². The Balaban J connectivity index is 2.19. The predicted molar refractivity (Wildman–Crippen MR) is 68.1 cm³/mol. The molecular weight excluding hydrogens is 218 g/mol. The zero-order valence-corrected chi connectivity index (χ0v) is 11.3. The standard InChI is InChI=1S/C12H25N3O2/c1-4-17-10-9-14(3)12(16)11-15-7-5-13(2)6-8-15/h4-11H2,1-3H3. The van der Waals surface area contributed by atoms with Gasteiger partial charge in [0.2, 0.25) is 5.91 Å². The lowest BCUT2D eigenvalue weighted by Crippen LogP contribution is -2.48. The van der Waals surface area contributed by atoms with E-state index >= 15 is 0 Å². The number of hydrogen-bond acceptors (Lipinski definition) is 4. The van der Waals surface area contributed by atoms with Gasteiger partial charge in [-0.05, 0) is 14.0 Å². The Morgan fingerprint density at radius 3 is 2.53 bits per heavy atom. The van der Waals surface area contributed by atoms with Gasteiger partial charge in [-0.2, -0.15) is 0 Å². The van der Waals surface area contributed by atoms with Crippen LogP contribution in [-0.4, -0.2) is 87.2 Å². The molecule has 1 fully saturated rings. The summed E-state index contributed by atoms with van der Waals surface area (Å²) in [6.45, 7) is 8.60. The van der Waals surface area contributed by atoms with E-state index in [-0.39, 0.29) is 5.91 Å². The van der Waals surface area contributed by atoms with E-state index in [4.69, 9.17) is 4.74 Å². The van der Waals surface area contributed by atoms with Crippen molar-refractivity contribution < 1.29 is 9.53 Å². The average Bonchev–Trinajstić information content (AvgIpc) is 2.32. The molecule has 0 N–H and O–H groups in total. The van der Waals surface area contributed by atoms with Gasteiger partial charge in [0.05, 0.1) is 13.2 Å². The molecule has 0 aromatic heterocycles. The van der Waals surface area contributed by atoms with Gasteiger partial charge < -0.3 is 14.5 Å². The molecule has 0 radical (unpaired) electrons. The molecule has 0 unspecified atom stereocenters. The topological polar surface area (TPSA) is 36.0 Å². The second kappa shape index (κ2) is 7.63. The van der Waals surface area contributed by atoms with Crippen molar-refractivity contribution in [3.8, 4) is 0 Å². The van der Waals surface area contributed by atoms with Crippen molar-refractivity contribution in [2.24, 2.45) is 0 Å². The quantitative estimate of drug-likeness (QED) is 0.602. The molecule has 0 aromatic carbocycles. The molecule has 0 aromatic rings. The van der Waals surface area contributed by atoms with Crippen molar-refractivity contribution in [1.82, 2.24) is 14.7 Å². The van der Waals surface area contributed by atoms with Crippen LogP contribution in [0.2, 0.25) is 0 Å². The maximum atomic E-state index is 11.9. The first kappa shape index (κ1) is 14.4. The summed E-state index contributed by atoms with van der Waals surface area (Å²) in [6.07, 6.45) is 0. The molecule has 0 bridgehead atoms. The fraction of sp³-hybridized carbons (Fsp3) is 0.917. The summed E-state index contributed by atoms with van der Waals surface area (Å²) >= 11 is 0. The largest absolute Gasteiger partial charge is 0.380 e. The lowest BCUT2D eigenvalue weighted by molar-refractivity contribution is -0.132. The zero-order valence-electron chi connectivity index (χ0n) is 11.3. The fourth-order valence-electron chi connectivity index (χ4n) is 1.79. The first-order chi connectivity index (χ1) is 8.13. The Hall–Kier alpha value is -0.650. The maximum absolute atomic E-state index is 11.9. The molecule has 0 saturated carbocycles. The summed E-state index contributed by atoms with van der Waals surface area (Å²) in [7, 11) is 3.96. The summed E-state index contributed by atoms with van der Waals surface area (Å²) in [5.74, 6) is 0.189. The minimum absolute atomic E-state index is 0.189. The average molecular weight is 243 g/mol. The molecule has 1 heterocycles. The number of nitrogens with zero attached hydrogens (tertiary/aromatic N) is 3. The highest BCUT2D eigenvalue weighted by Crippen LogP contribution is 1.99. The number of ether oxygens (including phenoxy) is 1. The third-order valence-corrected chi connectivity index (χ3v) is 3.16. The van der Waals surface area contributed by atoms with E-state index in [1.54, 1.807) is 4.90 Å². The minimum Gasteiger partial charge on any atom is -0.380 e. The van der Waals surface area contributed by atoms with Crippen molar-refractivity contribution in [1.29, 1.82) is 0 Å². The number of likely N-dealkylation sites (N-methyl/N-ethyl adjacent to an activating group) is 2. The predicted octanol–water partition coefficient (Wildman–Crippen LogP) is -0.271. The van der Waals surface area contributed by atoms with Gasteiger partial charge in [-0.3, -0.25) is 9.69 Å². The van der Waals surface area contributed by atoms with Crippen LogP contribution in [0.15, 0.2) is 0 Å². The normalized spacial score (nSPS) is 18.3. The van der Waals surface area contributed by atoms with Crippen LogP contribution in [0, 0.1) is 0 Å². The van der Waals surface area contributed by atoms with E-state index in [2.05, 4.69) is 16.8 Å². The molecule has 1 rings (SSSR count). The van der Waals surface area contributed by atoms with Gasteiger partial charge in [-0.25, -0.2) is 0 Å². The minimum atomic E-state index is 0.189. The molecule has 1 aliphatic heterocycles. The molecule has 1 saturated heterocycles. The molecule has 5 heteroatoms. The Morgan fingerprint density at radius 2 is 1.94 bits per heavy atom. The van der Waals surface area contributed by atoms with Crippen molar-refractivity contribution in [3.63, 3.8) is 0 Å². The summed E-state index contributed by atoms with van der Waals surface area (Å²) < 4.78 is 5.24. The van der Waals surface area contributed by atoms with E-state index in [1.165, 1.54) is 0 Å². The van der Waals surface area contributed by atoms with Crippen molar-refractivity contribution in [2.45, 2.75) is 6.92 Å². The maximum Gasteiger partial charge on any atom is 0.236 e. The Kier molecular flexibility index (Phi) is 6.47. The lowest BCUT2D eigenvalue weighted by Gasteiger charge is -2.32. The van der Waals surface area contributed by atoms with E-state index < -0.39 is 0 Å². The fourth-order valence-corrected chi connectivity index (χ4v) is 1.79. The van der Waals surface area contributed by atoms with Gasteiger partial charge in [0.25, 0.3) is 0 Å². The number of carbonyl (C=O) groups is 1. The number of rotatable bonds is 6. The van der Waals surface area contributed by atoms with E-state index in [1.807, 2.05) is 14.0 Å². The van der Waals surface area contributed by atoms with Crippen LogP contribution in [0.1, 0.15) is 6.92 Å². The van der Waals surface area contributed by atoms with Gasteiger partial charge in [-0.15, -0.1) is 0 Å². The zero-order chi connectivity index (χ0) is 12.7. The summed E-state index contributed by atoms with van der Waals surface area (Å²) in [5, 5.41) is 0. The third kappa shape index (κ3) is 5.48. The van der Waals surface area contributed by atoms with Crippen LogP contribution in [-0.2, 0) is 9.53 Å².